The Labute approximate surface area is 129 Å². The number of nitrogens with two attached hydrogens (primary N) is 1. The number of hydrogen-bond acceptors (Lipinski definition) is 3. The first-order chi connectivity index (χ1) is 10.6. The van der Waals surface area contributed by atoms with Crippen molar-refractivity contribution in [2.24, 2.45) is 11.7 Å². The summed E-state index contributed by atoms with van der Waals surface area (Å²) in [5.41, 5.74) is 6.34. The molecule has 1 aromatic rings. The molecule has 2 aliphatic heterocycles. The molecule has 6 nitrogen and oxygen atoms in total. The van der Waals surface area contributed by atoms with Crippen LogP contribution in [0.15, 0.2) is 24.3 Å². The van der Waals surface area contributed by atoms with Gasteiger partial charge in [0.15, 0.2) is 0 Å². The van der Waals surface area contributed by atoms with Gasteiger partial charge in [-0.05, 0) is 49.8 Å². The average molecular weight is 302 g/mol. The number of rotatable bonds is 4. The second-order valence-corrected chi connectivity index (χ2v) is 6.30. The third-order valence-electron chi connectivity index (χ3n) is 4.46. The smallest absolute Gasteiger partial charge is 0.316 e. The molecule has 2 bridgehead atoms. The van der Waals surface area contributed by atoms with Gasteiger partial charge >= 0.3 is 6.03 Å². The van der Waals surface area contributed by atoms with Gasteiger partial charge in [-0.3, -0.25) is 4.79 Å². The van der Waals surface area contributed by atoms with Crippen LogP contribution in [-0.4, -0.2) is 24.0 Å². The maximum absolute atomic E-state index is 12.2. The summed E-state index contributed by atoms with van der Waals surface area (Å²) in [6.07, 6.45) is 5.22. The predicted octanol–water partition coefficient (Wildman–Crippen LogP) is 2.04. The lowest BCUT2D eigenvalue weighted by atomic mass is 9.89. The van der Waals surface area contributed by atoms with Crippen LogP contribution in [0, 0.1) is 5.92 Å². The quantitative estimate of drug-likeness (QED) is 0.685. The SMILES string of the molecule is NC(=O)Nc1cccc(NC(=O)CC2CC3CCC(C2)N3)c1. The van der Waals surface area contributed by atoms with Gasteiger partial charge in [-0.25, -0.2) is 4.79 Å². The maximum Gasteiger partial charge on any atom is 0.316 e. The van der Waals surface area contributed by atoms with Gasteiger partial charge < -0.3 is 21.7 Å². The minimum absolute atomic E-state index is 0.0301. The number of nitrogens with one attached hydrogen (secondary N) is 3. The molecule has 2 saturated heterocycles. The lowest BCUT2D eigenvalue weighted by molar-refractivity contribution is -0.117. The van der Waals surface area contributed by atoms with E-state index in [1.165, 1.54) is 12.8 Å². The van der Waals surface area contributed by atoms with Crippen LogP contribution in [0.25, 0.3) is 0 Å². The van der Waals surface area contributed by atoms with Crippen LogP contribution >= 0.6 is 0 Å². The third-order valence-corrected chi connectivity index (χ3v) is 4.46. The number of benzene rings is 1. The van der Waals surface area contributed by atoms with Crippen molar-refractivity contribution in [3.8, 4) is 0 Å². The van der Waals surface area contributed by atoms with Gasteiger partial charge in [-0.2, -0.15) is 0 Å². The highest BCUT2D eigenvalue weighted by Gasteiger charge is 2.34. The first-order valence-corrected chi connectivity index (χ1v) is 7.81. The normalized spacial score (nSPS) is 26.5. The van der Waals surface area contributed by atoms with Gasteiger partial charge in [0.2, 0.25) is 5.91 Å². The van der Waals surface area contributed by atoms with Gasteiger partial charge in [0.1, 0.15) is 0 Å². The van der Waals surface area contributed by atoms with Crippen LogP contribution in [0.1, 0.15) is 32.1 Å². The van der Waals surface area contributed by atoms with Crippen molar-refractivity contribution >= 4 is 23.3 Å². The number of anilines is 2. The Bertz CT molecular complexity index is 563. The Kier molecular flexibility index (Phi) is 4.29. The maximum atomic E-state index is 12.2. The van der Waals surface area contributed by atoms with E-state index in [1.54, 1.807) is 24.3 Å². The summed E-state index contributed by atoms with van der Waals surface area (Å²) in [5.74, 6) is 0.494. The minimum atomic E-state index is -0.617. The molecule has 2 aliphatic rings. The molecule has 1 aromatic carbocycles. The Hall–Kier alpha value is -2.08. The highest BCUT2D eigenvalue weighted by molar-refractivity contribution is 5.93. The van der Waals surface area contributed by atoms with E-state index in [0.29, 0.717) is 35.8 Å². The summed E-state index contributed by atoms with van der Waals surface area (Å²) < 4.78 is 0. The van der Waals surface area contributed by atoms with Gasteiger partial charge in [-0.15, -0.1) is 0 Å². The highest BCUT2D eigenvalue weighted by Crippen LogP contribution is 2.32. The van der Waals surface area contributed by atoms with E-state index in [0.717, 1.165) is 12.8 Å². The van der Waals surface area contributed by atoms with Crippen LogP contribution in [0.2, 0.25) is 0 Å². The lowest BCUT2D eigenvalue weighted by Crippen LogP contribution is -2.39. The van der Waals surface area contributed by atoms with Gasteiger partial charge in [0.25, 0.3) is 0 Å². The summed E-state index contributed by atoms with van der Waals surface area (Å²) in [6.45, 7) is 0. The Balaban J connectivity index is 1.54. The number of primary amides is 1. The summed E-state index contributed by atoms with van der Waals surface area (Å²) in [7, 11) is 0. The fourth-order valence-electron chi connectivity index (χ4n) is 3.63. The van der Waals surface area contributed by atoms with Crippen LogP contribution < -0.4 is 21.7 Å². The van der Waals surface area contributed by atoms with E-state index in [9.17, 15) is 9.59 Å². The third kappa shape index (κ3) is 3.76. The van der Waals surface area contributed by atoms with E-state index in [2.05, 4.69) is 16.0 Å². The molecule has 3 rings (SSSR count). The van der Waals surface area contributed by atoms with Crippen LogP contribution in [0.3, 0.4) is 0 Å². The van der Waals surface area contributed by atoms with Gasteiger partial charge in [0.05, 0.1) is 0 Å². The second-order valence-electron chi connectivity index (χ2n) is 6.30. The molecule has 3 amide bonds. The zero-order valence-electron chi connectivity index (χ0n) is 12.5. The summed E-state index contributed by atoms with van der Waals surface area (Å²) in [5, 5.41) is 8.99. The molecular weight excluding hydrogens is 280 g/mol. The van der Waals surface area contributed by atoms with Crippen molar-refractivity contribution in [1.82, 2.24) is 5.32 Å². The van der Waals surface area contributed by atoms with E-state index in [1.807, 2.05) is 0 Å². The average Bonchev–Trinajstić information content (AvgIpc) is 2.77. The summed E-state index contributed by atoms with van der Waals surface area (Å²) >= 11 is 0. The Morgan fingerprint density at radius 1 is 1.14 bits per heavy atom. The van der Waals surface area contributed by atoms with Crippen molar-refractivity contribution in [3.63, 3.8) is 0 Å². The van der Waals surface area contributed by atoms with E-state index < -0.39 is 6.03 Å². The van der Waals surface area contributed by atoms with E-state index in [4.69, 9.17) is 5.73 Å². The van der Waals surface area contributed by atoms with Crippen molar-refractivity contribution in [1.29, 1.82) is 0 Å². The number of hydrogen-bond donors (Lipinski definition) is 4. The van der Waals surface area contributed by atoms with E-state index in [-0.39, 0.29) is 5.91 Å². The minimum Gasteiger partial charge on any atom is -0.351 e. The first-order valence-electron chi connectivity index (χ1n) is 7.81. The molecule has 0 radical (unpaired) electrons. The molecule has 2 heterocycles. The molecule has 0 saturated carbocycles. The van der Waals surface area contributed by atoms with Crippen molar-refractivity contribution in [2.45, 2.75) is 44.2 Å². The van der Waals surface area contributed by atoms with E-state index >= 15 is 0 Å². The Morgan fingerprint density at radius 2 is 1.77 bits per heavy atom. The number of carbonyl (C=O) groups excluding carboxylic acids is 2. The second kappa shape index (κ2) is 6.36. The van der Waals surface area contributed by atoms with Crippen molar-refractivity contribution < 1.29 is 9.59 Å². The number of carbonyl (C=O) groups is 2. The van der Waals surface area contributed by atoms with Crippen LogP contribution in [0.4, 0.5) is 16.2 Å². The molecule has 118 valence electrons. The molecule has 2 fully saturated rings. The van der Waals surface area contributed by atoms with Crippen molar-refractivity contribution in [3.05, 3.63) is 24.3 Å². The largest absolute Gasteiger partial charge is 0.351 e. The zero-order chi connectivity index (χ0) is 15.5. The van der Waals surface area contributed by atoms with Crippen LogP contribution in [-0.2, 0) is 4.79 Å². The molecule has 0 spiro atoms. The monoisotopic (exact) mass is 302 g/mol. The molecule has 5 N–H and O–H groups in total. The highest BCUT2D eigenvalue weighted by atomic mass is 16.2. The molecule has 2 unspecified atom stereocenters. The number of piperidine rings is 1. The predicted molar refractivity (Wildman–Crippen MR) is 85.6 cm³/mol. The summed E-state index contributed by atoms with van der Waals surface area (Å²) in [6, 6.07) is 7.58. The van der Waals surface area contributed by atoms with Gasteiger partial charge in [0, 0.05) is 29.9 Å². The molecule has 6 heteroatoms. The molecule has 0 aromatic heterocycles. The topological polar surface area (TPSA) is 96.2 Å². The van der Waals surface area contributed by atoms with Crippen molar-refractivity contribution in [2.75, 3.05) is 10.6 Å². The molecule has 2 atom stereocenters. The number of fused-ring (bicyclic) bond motifs is 2. The Morgan fingerprint density at radius 3 is 2.41 bits per heavy atom. The fourth-order valence-corrected chi connectivity index (χ4v) is 3.63. The van der Waals surface area contributed by atoms with Gasteiger partial charge in [-0.1, -0.05) is 6.07 Å². The standard InChI is InChI=1S/C16H22N4O2/c17-16(22)20-12-3-1-2-11(9-12)19-15(21)8-10-6-13-4-5-14(7-10)18-13/h1-3,9-10,13-14,18H,4-8H2,(H,19,21)(H3,17,20,22). The number of amides is 3. The molecule has 0 aliphatic carbocycles. The molecule has 22 heavy (non-hydrogen) atoms. The fraction of sp³-hybridized carbons (Fsp3) is 0.500. The number of urea groups is 1. The molecular formula is C16H22N4O2. The summed E-state index contributed by atoms with van der Waals surface area (Å²) in [4.78, 5) is 23.1. The van der Waals surface area contributed by atoms with Crippen LogP contribution in [0.5, 0.6) is 0 Å². The lowest BCUT2D eigenvalue weighted by Gasteiger charge is -2.28. The first kappa shape index (κ1) is 14.8. The zero-order valence-corrected chi connectivity index (χ0v) is 12.5.